The fourth-order valence-corrected chi connectivity index (χ4v) is 4.51. The summed E-state index contributed by atoms with van der Waals surface area (Å²) >= 11 is 0. The Bertz CT molecular complexity index is 564. The Hall–Kier alpha value is -1.92. The van der Waals surface area contributed by atoms with Crippen molar-refractivity contribution in [2.24, 2.45) is 0 Å². The molecule has 7 heteroatoms. The Morgan fingerprint density at radius 2 is 1.44 bits per heavy atom. The molecule has 150 valence electrons. The first-order valence-electron chi connectivity index (χ1n) is 10.5. The van der Waals surface area contributed by atoms with Crippen LogP contribution < -0.4 is 5.32 Å². The average molecular weight is 377 g/mol. The minimum atomic E-state index is -0.294. The van der Waals surface area contributed by atoms with E-state index in [0.717, 1.165) is 62.7 Å². The van der Waals surface area contributed by atoms with Crippen molar-refractivity contribution in [2.45, 2.75) is 95.6 Å². The molecule has 0 radical (unpaired) electrons. The minimum absolute atomic E-state index is 0.0199. The molecular formula is C20H31N3O4. The van der Waals surface area contributed by atoms with Crippen LogP contribution in [0.25, 0.3) is 0 Å². The lowest BCUT2D eigenvalue weighted by molar-refractivity contribution is -0.139. The summed E-state index contributed by atoms with van der Waals surface area (Å²) in [7, 11) is 0. The van der Waals surface area contributed by atoms with Gasteiger partial charge in [0, 0.05) is 37.9 Å². The van der Waals surface area contributed by atoms with Gasteiger partial charge in [0.15, 0.2) is 0 Å². The Labute approximate surface area is 160 Å². The van der Waals surface area contributed by atoms with Crippen LogP contribution in [-0.4, -0.2) is 52.2 Å². The third kappa shape index (κ3) is 5.08. The highest BCUT2D eigenvalue weighted by molar-refractivity contribution is 6.02. The quantitative estimate of drug-likeness (QED) is 0.746. The van der Waals surface area contributed by atoms with Crippen molar-refractivity contribution in [1.29, 1.82) is 0 Å². The standard InChI is InChI=1S/C20H31N3O4/c24-17-11-12-18(25)22(17)14-13-19(26)23(16-9-5-2-6-10-16)20(27)21-15-7-3-1-4-8-15/h15-16H,1-14H2,(H,21,27). The third-order valence-electron chi connectivity index (χ3n) is 6.06. The average Bonchev–Trinajstić information content (AvgIpc) is 2.99. The van der Waals surface area contributed by atoms with Gasteiger partial charge in [-0.05, 0) is 25.7 Å². The molecule has 3 aliphatic rings. The molecular weight excluding hydrogens is 346 g/mol. The van der Waals surface area contributed by atoms with Gasteiger partial charge in [0.2, 0.25) is 17.7 Å². The van der Waals surface area contributed by atoms with E-state index in [1.165, 1.54) is 11.3 Å². The van der Waals surface area contributed by atoms with Crippen LogP contribution in [0.1, 0.15) is 83.5 Å². The zero-order valence-corrected chi connectivity index (χ0v) is 16.1. The van der Waals surface area contributed by atoms with E-state index in [-0.39, 0.29) is 61.6 Å². The third-order valence-corrected chi connectivity index (χ3v) is 6.06. The van der Waals surface area contributed by atoms with Crippen molar-refractivity contribution in [1.82, 2.24) is 15.1 Å². The van der Waals surface area contributed by atoms with Crippen LogP contribution in [0, 0.1) is 0 Å². The molecule has 0 aromatic heterocycles. The summed E-state index contributed by atoms with van der Waals surface area (Å²) in [6.45, 7) is 0.0798. The molecule has 1 heterocycles. The van der Waals surface area contributed by atoms with Crippen LogP contribution in [0.4, 0.5) is 4.79 Å². The number of likely N-dealkylation sites (tertiary alicyclic amines) is 1. The monoisotopic (exact) mass is 377 g/mol. The summed E-state index contributed by atoms with van der Waals surface area (Å²) in [4.78, 5) is 51.9. The van der Waals surface area contributed by atoms with Gasteiger partial charge in [-0.2, -0.15) is 0 Å². The highest BCUT2D eigenvalue weighted by Crippen LogP contribution is 2.25. The van der Waals surface area contributed by atoms with Gasteiger partial charge in [0.1, 0.15) is 0 Å². The highest BCUT2D eigenvalue weighted by Gasteiger charge is 2.34. The Balaban J connectivity index is 1.62. The maximum absolute atomic E-state index is 12.9. The minimum Gasteiger partial charge on any atom is -0.335 e. The predicted molar refractivity (Wildman–Crippen MR) is 99.7 cm³/mol. The number of imide groups is 2. The molecule has 7 nitrogen and oxygen atoms in total. The lowest BCUT2D eigenvalue weighted by atomic mass is 9.93. The van der Waals surface area contributed by atoms with Crippen LogP contribution >= 0.6 is 0 Å². The maximum Gasteiger partial charge on any atom is 0.324 e. The van der Waals surface area contributed by atoms with E-state index in [4.69, 9.17) is 0 Å². The van der Waals surface area contributed by atoms with Crippen LogP contribution in [0.3, 0.4) is 0 Å². The number of urea groups is 1. The lowest BCUT2D eigenvalue weighted by Gasteiger charge is -2.35. The first-order valence-corrected chi connectivity index (χ1v) is 10.5. The molecule has 1 N–H and O–H groups in total. The fourth-order valence-electron chi connectivity index (χ4n) is 4.51. The second-order valence-corrected chi connectivity index (χ2v) is 8.03. The van der Waals surface area contributed by atoms with Crippen molar-refractivity contribution in [3.63, 3.8) is 0 Å². The molecule has 1 saturated heterocycles. The lowest BCUT2D eigenvalue weighted by Crippen LogP contribution is -2.53. The van der Waals surface area contributed by atoms with Crippen LogP contribution in [0.5, 0.6) is 0 Å². The first kappa shape index (κ1) is 19.8. The molecule has 0 unspecified atom stereocenters. The van der Waals surface area contributed by atoms with Gasteiger partial charge in [-0.25, -0.2) is 4.79 Å². The summed E-state index contributed by atoms with van der Waals surface area (Å²) in [5.74, 6) is -0.713. The van der Waals surface area contributed by atoms with Gasteiger partial charge in [0.05, 0.1) is 0 Å². The van der Waals surface area contributed by atoms with Crippen LogP contribution in [-0.2, 0) is 14.4 Å². The smallest absolute Gasteiger partial charge is 0.324 e. The van der Waals surface area contributed by atoms with Crippen molar-refractivity contribution in [3.8, 4) is 0 Å². The van der Waals surface area contributed by atoms with E-state index in [1.54, 1.807) is 0 Å². The molecule has 1 aliphatic heterocycles. The van der Waals surface area contributed by atoms with Gasteiger partial charge in [-0.1, -0.05) is 38.5 Å². The Morgan fingerprint density at radius 3 is 2.04 bits per heavy atom. The summed E-state index contributed by atoms with van der Waals surface area (Å²) in [6.07, 6.45) is 10.7. The number of nitrogens with one attached hydrogen (secondary N) is 1. The number of amides is 5. The van der Waals surface area contributed by atoms with E-state index in [1.807, 2.05) is 0 Å². The van der Waals surface area contributed by atoms with Crippen molar-refractivity contribution in [2.75, 3.05) is 6.54 Å². The SMILES string of the molecule is O=C1CCC(=O)N1CCC(=O)N(C(=O)NC1CCCCC1)C1CCCCC1. The van der Waals surface area contributed by atoms with E-state index < -0.39 is 0 Å². The molecule has 3 rings (SSSR count). The van der Waals surface area contributed by atoms with E-state index in [0.29, 0.717) is 0 Å². The van der Waals surface area contributed by atoms with E-state index >= 15 is 0 Å². The number of hydrogen-bond acceptors (Lipinski definition) is 4. The second-order valence-electron chi connectivity index (χ2n) is 8.03. The fraction of sp³-hybridized carbons (Fsp3) is 0.800. The summed E-state index contributed by atoms with van der Waals surface area (Å²) < 4.78 is 0. The van der Waals surface area contributed by atoms with Crippen molar-refractivity contribution in [3.05, 3.63) is 0 Å². The molecule has 2 aliphatic carbocycles. The number of rotatable bonds is 5. The molecule has 5 amide bonds. The second kappa shape index (κ2) is 9.33. The van der Waals surface area contributed by atoms with Crippen molar-refractivity contribution >= 4 is 23.8 Å². The van der Waals surface area contributed by atoms with Gasteiger partial charge < -0.3 is 5.32 Å². The highest BCUT2D eigenvalue weighted by atomic mass is 16.2. The number of hydrogen-bond donors (Lipinski definition) is 1. The summed E-state index contributed by atoms with van der Waals surface area (Å²) in [5, 5.41) is 3.06. The summed E-state index contributed by atoms with van der Waals surface area (Å²) in [6, 6.07) is -0.218. The zero-order chi connectivity index (χ0) is 19.2. The maximum atomic E-state index is 12.9. The van der Waals surface area contributed by atoms with Crippen LogP contribution in [0.15, 0.2) is 0 Å². The molecule has 0 bridgehead atoms. The molecule has 0 spiro atoms. The largest absolute Gasteiger partial charge is 0.335 e. The molecule has 3 fully saturated rings. The number of nitrogens with zero attached hydrogens (tertiary/aromatic N) is 2. The Kier molecular flexibility index (Phi) is 6.85. The zero-order valence-electron chi connectivity index (χ0n) is 16.1. The number of carbonyl (C=O) groups is 4. The molecule has 27 heavy (non-hydrogen) atoms. The van der Waals surface area contributed by atoms with Crippen molar-refractivity contribution < 1.29 is 19.2 Å². The van der Waals surface area contributed by atoms with E-state index in [9.17, 15) is 19.2 Å². The van der Waals surface area contributed by atoms with Gasteiger partial charge >= 0.3 is 6.03 Å². The summed E-state index contributed by atoms with van der Waals surface area (Å²) in [5.41, 5.74) is 0. The first-order chi connectivity index (χ1) is 13.1. The normalized spacial score (nSPS) is 22.1. The Morgan fingerprint density at radius 1 is 0.889 bits per heavy atom. The van der Waals surface area contributed by atoms with Crippen LogP contribution in [0.2, 0.25) is 0 Å². The van der Waals surface area contributed by atoms with E-state index in [2.05, 4.69) is 5.32 Å². The van der Waals surface area contributed by atoms with Gasteiger partial charge in [0.25, 0.3) is 0 Å². The molecule has 0 atom stereocenters. The van der Waals surface area contributed by atoms with Gasteiger partial charge in [-0.15, -0.1) is 0 Å². The molecule has 0 aromatic carbocycles. The predicted octanol–water partition coefficient (Wildman–Crippen LogP) is 2.73. The molecule has 2 saturated carbocycles. The molecule has 0 aromatic rings. The van der Waals surface area contributed by atoms with Gasteiger partial charge in [-0.3, -0.25) is 24.2 Å². The number of carbonyl (C=O) groups excluding carboxylic acids is 4. The topological polar surface area (TPSA) is 86.8 Å².